The smallest absolute Gasteiger partial charge is 0.0787 e. The summed E-state index contributed by atoms with van der Waals surface area (Å²) in [7, 11) is 0. The third-order valence-corrected chi connectivity index (χ3v) is 3.50. The van der Waals surface area contributed by atoms with E-state index in [1.807, 2.05) is 22.9 Å². The zero-order chi connectivity index (χ0) is 11.0. The lowest BCUT2D eigenvalue weighted by atomic mass is 10.1. The van der Waals surface area contributed by atoms with Crippen molar-refractivity contribution in [1.82, 2.24) is 15.1 Å². The first kappa shape index (κ1) is 10.1. The van der Waals surface area contributed by atoms with Crippen LogP contribution in [0.5, 0.6) is 0 Å². The van der Waals surface area contributed by atoms with Crippen LogP contribution in [-0.4, -0.2) is 16.3 Å². The van der Waals surface area contributed by atoms with E-state index in [2.05, 4.69) is 38.6 Å². The summed E-state index contributed by atoms with van der Waals surface area (Å²) in [5.74, 6) is 0. The summed E-state index contributed by atoms with van der Waals surface area (Å²) >= 11 is 3.55. The molecule has 1 aromatic heterocycles. The van der Waals surface area contributed by atoms with E-state index in [0.29, 0.717) is 0 Å². The van der Waals surface area contributed by atoms with Crippen molar-refractivity contribution >= 4 is 15.9 Å². The number of aromatic nitrogens is 2. The Kier molecular flexibility index (Phi) is 2.53. The molecule has 0 saturated heterocycles. The average molecular weight is 278 g/mol. The van der Waals surface area contributed by atoms with E-state index in [-0.39, 0.29) is 0 Å². The molecule has 0 fully saturated rings. The van der Waals surface area contributed by atoms with Gasteiger partial charge < -0.3 is 5.32 Å². The SMILES string of the molecule is Brc1ccccc1-n1cc2c(n1)CCNC2. The highest BCUT2D eigenvalue weighted by Crippen LogP contribution is 2.22. The zero-order valence-electron chi connectivity index (χ0n) is 8.78. The fraction of sp³-hybridized carbons (Fsp3) is 0.250. The van der Waals surface area contributed by atoms with Gasteiger partial charge in [0.1, 0.15) is 0 Å². The Bertz CT molecular complexity index is 495. The summed E-state index contributed by atoms with van der Waals surface area (Å²) in [6.45, 7) is 1.96. The zero-order valence-corrected chi connectivity index (χ0v) is 10.4. The van der Waals surface area contributed by atoms with Gasteiger partial charge in [0.2, 0.25) is 0 Å². The van der Waals surface area contributed by atoms with Crippen LogP contribution in [-0.2, 0) is 13.0 Å². The molecule has 82 valence electrons. The van der Waals surface area contributed by atoms with Gasteiger partial charge in [0.25, 0.3) is 0 Å². The Morgan fingerprint density at radius 1 is 1.31 bits per heavy atom. The van der Waals surface area contributed by atoms with Crippen LogP contribution in [0.15, 0.2) is 34.9 Å². The van der Waals surface area contributed by atoms with Crippen molar-refractivity contribution in [1.29, 1.82) is 0 Å². The molecule has 0 aliphatic carbocycles. The van der Waals surface area contributed by atoms with Crippen molar-refractivity contribution in [3.63, 3.8) is 0 Å². The molecule has 1 N–H and O–H groups in total. The monoisotopic (exact) mass is 277 g/mol. The lowest BCUT2D eigenvalue weighted by Crippen LogP contribution is -2.22. The minimum Gasteiger partial charge on any atom is -0.312 e. The summed E-state index contributed by atoms with van der Waals surface area (Å²) in [6.07, 6.45) is 3.13. The Morgan fingerprint density at radius 2 is 2.19 bits per heavy atom. The third-order valence-electron chi connectivity index (χ3n) is 2.83. The third kappa shape index (κ3) is 1.68. The van der Waals surface area contributed by atoms with Crippen LogP contribution in [0.1, 0.15) is 11.3 Å². The minimum atomic E-state index is 0.930. The van der Waals surface area contributed by atoms with E-state index in [0.717, 1.165) is 29.7 Å². The maximum Gasteiger partial charge on any atom is 0.0787 e. The molecule has 0 unspecified atom stereocenters. The lowest BCUT2D eigenvalue weighted by Gasteiger charge is -2.09. The summed E-state index contributed by atoms with van der Waals surface area (Å²) in [6, 6.07) is 8.14. The van der Waals surface area contributed by atoms with E-state index >= 15 is 0 Å². The van der Waals surface area contributed by atoms with E-state index < -0.39 is 0 Å². The largest absolute Gasteiger partial charge is 0.312 e. The summed E-state index contributed by atoms with van der Waals surface area (Å²) in [5, 5.41) is 7.98. The van der Waals surface area contributed by atoms with Gasteiger partial charge in [-0.15, -0.1) is 0 Å². The van der Waals surface area contributed by atoms with Crippen molar-refractivity contribution in [2.75, 3.05) is 6.54 Å². The molecule has 0 spiro atoms. The molecule has 1 aliphatic rings. The normalized spacial score (nSPS) is 14.8. The Hall–Kier alpha value is -1.13. The Labute approximate surface area is 103 Å². The standard InChI is InChI=1S/C12H12BrN3/c13-10-3-1-2-4-12(10)16-8-9-7-14-6-5-11(9)15-16/h1-4,8,14H,5-7H2. The van der Waals surface area contributed by atoms with Crippen LogP contribution in [0, 0.1) is 0 Å². The van der Waals surface area contributed by atoms with Gasteiger partial charge in [0.05, 0.1) is 11.4 Å². The Morgan fingerprint density at radius 3 is 3.00 bits per heavy atom. The molecule has 0 bridgehead atoms. The van der Waals surface area contributed by atoms with E-state index in [9.17, 15) is 0 Å². The summed E-state index contributed by atoms with van der Waals surface area (Å²) < 4.78 is 3.03. The molecule has 0 radical (unpaired) electrons. The first-order chi connectivity index (χ1) is 7.84. The van der Waals surface area contributed by atoms with Crippen molar-refractivity contribution in [2.45, 2.75) is 13.0 Å². The number of hydrogen-bond acceptors (Lipinski definition) is 2. The molecule has 4 heteroatoms. The molecular formula is C12H12BrN3. The van der Waals surface area contributed by atoms with Crippen LogP contribution in [0.4, 0.5) is 0 Å². The maximum absolute atomic E-state index is 4.63. The fourth-order valence-corrected chi connectivity index (χ4v) is 2.46. The first-order valence-electron chi connectivity index (χ1n) is 5.37. The summed E-state index contributed by atoms with van der Waals surface area (Å²) in [4.78, 5) is 0. The molecule has 1 aliphatic heterocycles. The highest BCUT2D eigenvalue weighted by molar-refractivity contribution is 9.10. The van der Waals surface area contributed by atoms with Gasteiger partial charge in [-0.05, 0) is 28.1 Å². The quantitative estimate of drug-likeness (QED) is 0.867. The topological polar surface area (TPSA) is 29.9 Å². The van der Waals surface area contributed by atoms with Crippen molar-refractivity contribution in [2.24, 2.45) is 0 Å². The molecule has 2 aromatic rings. The van der Waals surface area contributed by atoms with Crippen LogP contribution < -0.4 is 5.32 Å². The van der Waals surface area contributed by atoms with Crippen molar-refractivity contribution in [3.8, 4) is 5.69 Å². The van der Waals surface area contributed by atoms with Crippen molar-refractivity contribution < 1.29 is 0 Å². The van der Waals surface area contributed by atoms with Crippen LogP contribution >= 0.6 is 15.9 Å². The van der Waals surface area contributed by atoms with Crippen LogP contribution in [0.3, 0.4) is 0 Å². The van der Waals surface area contributed by atoms with Crippen molar-refractivity contribution in [3.05, 3.63) is 46.2 Å². The second kappa shape index (κ2) is 4.03. The number of rotatable bonds is 1. The number of fused-ring (bicyclic) bond motifs is 1. The lowest BCUT2D eigenvalue weighted by molar-refractivity contribution is 0.635. The highest BCUT2D eigenvalue weighted by Gasteiger charge is 2.14. The number of hydrogen-bond donors (Lipinski definition) is 1. The first-order valence-corrected chi connectivity index (χ1v) is 6.17. The van der Waals surface area contributed by atoms with E-state index in [4.69, 9.17) is 0 Å². The molecule has 0 atom stereocenters. The van der Waals surface area contributed by atoms with E-state index in [1.54, 1.807) is 0 Å². The number of halogens is 1. The predicted octanol–water partition coefficient (Wildman–Crippen LogP) is 2.28. The predicted molar refractivity (Wildman–Crippen MR) is 66.7 cm³/mol. The molecule has 3 rings (SSSR count). The summed E-state index contributed by atoms with van der Waals surface area (Å²) in [5.41, 5.74) is 3.62. The average Bonchev–Trinajstić information content (AvgIpc) is 2.73. The number of nitrogens with one attached hydrogen (secondary N) is 1. The fourth-order valence-electron chi connectivity index (χ4n) is 1.99. The highest BCUT2D eigenvalue weighted by atomic mass is 79.9. The van der Waals surface area contributed by atoms with Gasteiger partial charge in [0, 0.05) is 35.7 Å². The molecular weight excluding hydrogens is 266 g/mol. The molecule has 0 amide bonds. The molecule has 16 heavy (non-hydrogen) atoms. The number of nitrogens with zero attached hydrogens (tertiary/aromatic N) is 2. The van der Waals surface area contributed by atoms with E-state index in [1.165, 1.54) is 11.3 Å². The second-order valence-electron chi connectivity index (χ2n) is 3.92. The molecule has 0 saturated carbocycles. The molecule has 1 aromatic carbocycles. The van der Waals surface area contributed by atoms with Crippen LogP contribution in [0.2, 0.25) is 0 Å². The van der Waals surface area contributed by atoms with Crippen LogP contribution in [0.25, 0.3) is 5.69 Å². The van der Waals surface area contributed by atoms with Gasteiger partial charge in [-0.3, -0.25) is 0 Å². The molecule has 3 nitrogen and oxygen atoms in total. The molecule has 2 heterocycles. The maximum atomic E-state index is 4.63. The van der Waals surface area contributed by atoms with Gasteiger partial charge in [-0.25, -0.2) is 4.68 Å². The van der Waals surface area contributed by atoms with Gasteiger partial charge >= 0.3 is 0 Å². The van der Waals surface area contributed by atoms with Gasteiger partial charge in [-0.1, -0.05) is 12.1 Å². The Balaban J connectivity index is 2.07. The number of para-hydroxylation sites is 1. The second-order valence-corrected chi connectivity index (χ2v) is 4.78. The van der Waals surface area contributed by atoms with Gasteiger partial charge in [0.15, 0.2) is 0 Å². The van der Waals surface area contributed by atoms with Gasteiger partial charge in [-0.2, -0.15) is 5.10 Å². The minimum absolute atomic E-state index is 0.930. The number of benzene rings is 1.